The van der Waals surface area contributed by atoms with Crippen molar-refractivity contribution < 1.29 is 13.5 Å². The Bertz CT molecular complexity index is 698. The number of rotatable bonds is 4. The average Bonchev–Trinajstić information content (AvgIpc) is 2.38. The highest BCUT2D eigenvalue weighted by molar-refractivity contribution is 7.89. The third-order valence-corrected chi connectivity index (χ3v) is 3.81. The molecule has 2 aromatic rings. The predicted molar refractivity (Wildman–Crippen MR) is 78.2 cm³/mol. The van der Waals surface area contributed by atoms with Crippen LogP contribution in [0.1, 0.15) is 18.6 Å². The molecule has 0 saturated carbocycles. The summed E-state index contributed by atoms with van der Waals surface area (Å²) in [6, 6.07) is 13.9. The molecule has 0 saturated heterocycles. The molecule has 4 N–H and O–H groups in total. The number of para-hydroxylation sites is 1. The number of aliphatic hydroxyl groups excluding tert-OH is 1. The Morgan fingerprint density at radius 2 is 1.75 bits per heavy atom. The van der Waals surface area contributed by atoms with E-state index in [4.69, 9.17) is 5.14 Å². The minimum Gasteiger partial charge on any atom is -0.389 e. The second-order valence-electron chi connectivity index (χ2n) is 4.43. The lowest BCUT2D eigenvalue weighted by Crippen LogP contribution is -2.16. The standard InChI is InChI=1S/C14H16N2O3S/c1-10(17)14-12(16-11-6-3-2-4-7-11)8-5-9-13(14)20(15,18)19/h2-10,16-17H,1H3,(H2,15,18,19). The molecular weight excluding hydrogens is 276 g/mol. The molecule has 20 heavy (non-hydrogen) atoms. The van der Waals surface area contributed by atoms with E-state index in [1.807, 2.05) is 30.3 Å². The summed E-state index contributed by atoms with van der Waals surface area (Å²) in [5.41, 5.74) is 1.57. The molecule has 106 valence electrons. The van der Waals surface area contributed by atoms with E-state index in [0.717, 1.165) is 5.69 Å². The summed E-state index contributed by atoms with van der Waals surface area (Å²) in [5, 5.41) is 18.1. The quantitative estimate of drug-likeness (QED) is 0.805. The maximum Gasteiger partial charge on any atom is 0.238 e. The highest BCUT2D eigenvalue weighted by Gasteiger charge is 2.20. The Hall–Kier alpha value is -1.89. The van der Waals surface area contributed by atoms with E-state index in [1.54, 1.807) is 12.1 Å². The van der Waals surface area contributed by atoms with Gasteiger partial charge in [0.25, 0.3) is 0 Å². The van der Waals surface area contributed by atoms with Gasteiger partial charge in [-0.25, -0.2) is 13.6 Å². The summed E-state index contributed by atoms with van der Waals surface area (Å²) in [5.74, 6) is 0. The molecule has 1 unspecified atom stereocenters. The lowest BCUT2D eigenvalue weighted by molar-refractivity contribution is 0.197. The number of hydrogen-bond acceptors (Lipinski definition) is 4. The topological polar surface area (TPSA) is 92.4 Å². The average molecular weight is 292 g/mol. The molecule has 0 aliphatic rings. The number of primary sulfonamides is 1. The second kappa shape index (κ2) is 5.62. The van der Waals surface area contributed by atoms with Crippen molar-refractivity contribution >= 4 is 21.4 Å². The molecule has 5 nitrogen and oxygen atoms in total. The van der Waals surface area contributed by atoms with Gasteiger partial charge in [0.05, 0.1) is 11.0 Å². The molecule has 0 aromatic heterocycles. The molecule has 0 amide bonds. The minimum absolute atomic E-state index is 0.0755. The van der Waals surface area contributed by atoms with Crippen molar-refractivity contribution in [1.82, 2.24) is 0 Å². The highest BCUT2D eigenvalue weighted by atomic mass is 32.2. The van der Waals surface area contributed by atoms with Gasteiger partial charge in [-0.2, -0.15) is 0 Å². The lowest BCUT2D eigenvalue weighted by atomic mass is 10.1. The maximum atomic E-state index is 11.6. The van der Waals surface area contributed by atoms with E-state index in [9.17, 15) is 13.5 Å². The monoisotopic (exact) mass is 292 g/mol. The molecule has 1 atom stereocenters. The predicted octanol–water partition coefficient (Wildman–Crippen LogP) is 2.13. The van der Waals surface area contributed by atoms with E-state index >= 15 is 0 Å². The number of anilines is 2. The van der Waals surface area contributed by atoms with Crippen LogP contribution in [0.4, 0.5) is 11.4 Å². The van der Waals surface area contributed by atoms with Crippen molar-refractivity contribution in [1.29, 1.82) is 0 Å². The molecule has 0 radical (unpaired) electrons. The van der Waals surface area contributed by atoms with Crippen molar-refractivity contribution in [2.45, 2.75) is 17.9 Å². The molecule has 6 heteroatoms. The van der Waals surface area contributed by atoms with Crippen LogP contribution in [0.5, 0.6) is 0 Å². The smallest absolute Gasteiger partial charge is 0.238 e. The summed E-state index contributed by atoms with van der Waals surface area (Å²) in [4.78, 5) is -0.0755. The van der Waals surface area contributed by atoms with Gasteiger partial charge in [0.2, 0.25) is 10.0 Å². The van der Waals surface area contributed by atoms with Crippen molar-refractivity contribution in [3.05, 3.63) is 54.1 Å². The van der Waals surface area contributed by atoms with Gasteiger partial charge in [0.15, 0.2) is 0 Å². The Morgan fingerprint density at radius 1 is 1.10 bits per heavy atom. The number of hydrogen-bond donors (Lipinski definition) is 3. The van der Waals surface area contributed by atoms with Gasteiger partial charge in [0, 0.05) is 16.9 Å². The Morgan fingerprint density at radius 3 is 2.30 bits per heavy atom. The van der Waals surface area contributed by atoms with Crippen LogP contribution >= 0.6 is 0 Å². The van der Waals surface area contributed by atoms with Crippen LogP contribution < -0.4 is 10.5 Å². The third-order valence-electron chi connectivity index (χ3n) is 2.84. The highest BCUT2D eigenvalue weighted by Crippen LogP contribution is 2.31. The molecule has 0 aliphatic carbocycles. The van der Waals surface area contributed by atoms with Gasteiger partial charge in [0.1, 0.15) is 0 Å². The van der Waals surface area contributed by atoms with Crippen LogP contribution in [-0.4, -0.2) is 13.5 Å². The van der Waals surface area contributed by atoms with E-state index < -0.39 is 16.1 Å². The largest absolute Gasteiger partial charge is 0.389 e. The minimum atomic E-state index is -3.89. The fourth-order valence-electron chi connectivity index (χ4n) is 2.01. The molecule has 0 spiro atoms. The molecule has 2 rings (SSSR count). The van der Waals surface area contributed by atoms with E-state index in [0.29, 0.717) is 5.69 Å². The fourth-order valence-corrected chi connectivity index (χ4v) is 2.86. The summed E-state index contributed by atoms with van der Waals surface area (Å²) >= 11 is 0. The lowest BCUT2D eigenvalue weighted by Gasteiger charge is -2.17. The zero-order chi connectivity index (χ0) is 14.8. The van der Waals surface area contributed by atoms with Crippen LogP contribution in [-0.2, 0) is 10.0 Å². The van der Waals surface area contributed by atoms with Crippen molar-refractivity contribution in [3.63, 3.8) is 0 Å². The van der Waals surface area contributed by atoms with Gasteiger partial charge in [-0.05, 0) is 31.2 Å². The molecule has 2 aromatic carbocycles. The first kappa shape index (κ1) is 14.5. The first-order valence-corrected chi connectivity index (χ1v) is 7.60. The third kappa shape index (κ3) is 3.16. The first-order chi connectivity index (χ1) is 9.39. The number of benzene rings is 2. The van der Waals surface area contributed by atoms with Crippen LogP contribution in [0.2, 0.25) is 0 Å². The zero-order valence-corrected chi connectivity index (χ0v) is 11.8. The summed E-state index contributed by atoms with van der Waals surface area (Å²) in [7, 11) is -3.89. The summed E-state index contributed by atoms with van der Waals surface area (Å²) < 4.78 is 23.2. The Labute approximate surface area is 118 Å². The van der Waals surface area contributed by atoms with Crippen molar-refractivity contribution in [2.75, 3.05) is 5.32 Å². The molecule has 0 heterocycles. The molecule has 0 aliphatic heterocycles. The van der Waals surface area contributed by atoms with E-state index in [-0.39, 0.29) is 10.5 Å². The van der Waals surface area contributed by atoms with E-state index in [1.165, 1.54) is 13.0 Å². The van der Waals surface area contributed by atoms with E-state index in [2.05, 4.69) is 5.32 Å². The number of nitrogens with one attached hydrogen (secondary N) is 1. The van der Waals surface area contributed by atoms with Gasteiger partial charge in [-0.15, -0.1) is 0 Å². The van der Waals surface area contributed by atoms with Crippen molar-refractivity contribution in [2.24, 2.45) is 5.14 Å². The maximum absolute atomic E-state index is 11.6. The van der Waals surface area contributed by atoms with Crippen LogP contribution in [0.15, 0.2) is 53.4 Å². The molecule has 0 fully saturated rings. The van der Waals surface area contributed by atoms with Gasteiger partial charge >= 0.3 is 0 Å². The zero-order valence-electron chi connectivity index (χ0n) is 10.9. The van der Waals surface area contributed by atoms with Crippen LogP contribution in [0, 0.1) is 0 Å². The van der Waals surface area contributed by atoms with Crippen LogP contribution in [0.25, 0.3) is 0 Å². The normalized spacial score (nSPS) is 12.9. The number of nitrogens with two attached hydrogens (primary N) is 1. The molecule has 0 bridgehead atoms. The SMILES string of the molecule is CC(O)c1c(Nc2ccccc2)cccc1S(N)(=O)=O. The number of sulfonamides is 1. The van der Waals surface area contributed by atoms with Crippen LogP contribution in [0.3, 0.4) is 0 Å². The van der Waals surface area contributed by atoms with Gasteiger partial charge in [-0.3, -0.25) is 0 Å². The molecular formula is C14H16N2O3S. The second-order valence-corrected chi connectivity index (χ2v) is 5.96. The van der Waals surface area contributed by atoms with Gasteiger partial charge in [-0.1, -0.05) is 24.3 Å². The van der Waals surface area contributed by atoms with Crippen molar-refractivity contribution in [3.8, 4) is 0 Å². The summed E-state index contributed by atoms with van der Waals surface area (Å²) in [6.07, 6.45) is -0.962. The van der Waals surface area contributed by atoms with Gasteiger partial charge < -0.3 is 10.4 Å². The summed E-state index contributed by atoms with van der Waals surface area (Å²) in [6.45, 7) is 1.50. The first-order valence-electron chi connectivity index (χ1n) is 6.05. The Kier molecular flexibility index (Phi) is 4.08. The Balaban J connectivity index is 2.54. The number of aliphatic hydroxyl groups is 1. The fraction of sp³-hybridized carbons (Fsp3) is 0.143.